The summed E-state index contributed by atoms with van der Waals surface area (Å²) in [6.07, 6.45) is 0. The summed E-state index contributed by atoms with van der Waals surface area (Å²) in [6, 6.07) is 7.57. The first-order chi connectivity index (χ1) is 14.9. The Labute approximate surface area is 184 Å². The smallest absolute Gasteiger partial charge is 0.254 e. The van der Waals surface area contributed by atoms with Gasteiger partial charge in [-0.3, -0.25) is 9.59 Å². The minimum absolute atomic E-state index is 0.0189. The maximum Gasteiger partial charge on any atom is 0.254 e. The SMILES string of the molecule is COc1ccc(Cl)c(Oc2c(OCCO)cc(C(=O)N3CCOCC3)cc2C(N)=O)c1. The number of aliphatic hydroxyl groups is 1. The van der Waals surface area contributed by atoms with E-state index in [4.69, 9.17) is 36.3 Å². The van der Waals surface area contributed by atoms with Crippen molar-refractivity contribution in [1.82, 2.24) is 4.90 Å². The zero-order valence-electron chi connectivity index (χ0n) is 16.9. The van der Waals surface area contributed by atoms with E-state index in [0.717, 1.165) is 0 Å². The van der Waals surface area contributed by atoms with Gasteiger partial charge in [-0.25, -0.2) is 0 Å². The van der Waals surface area contributed by atoms with Crippen LogP contribution in [-0.4, -0.2) is 68.4 Å². The summed E-state index contributed by atoms with van der Waals surface area (Å²) in [5, 5.41) is 9.46. The number of nitrogens with two attached hydrogens (primary N) is 1. The molecule has 0 aromatic heterocycles. The minimum Gasteiger partial charge on any atom is -0.497 e. The molecule has 0 bridgehead atoms. The van der Waals surface area contributed by atoms with E-state index in [2.05, 4.69) is 0 Å². The molecular weight excluding hydrogens is 428 g/mol. The fourth-order valence-corrected chi connectivity index (χ4v) is 3.18. The van der Waals surface area contributed by atoms with E-state index in [0.29, 0.717) is 32.1 Å². The van der Waals surface area contributed by atoms with E-state index < -0.39 is 5.91 Å². The number of carbonyl (C=O) groups is 2. The van der Waals surface area contributed by atoms with Crippen LogP contribution in [0.4, 0.5) is 0 Å². The Morgan fingerprint density at radius 3 is 2.58 bits per heavy atom. The van der Waals surface area contributed by atoms with Gasteiger partial charge in [0, 0.05) is 24.7 Å². The van der Waals surface area contributed by atoms with E-state index in [-0.39, 0.29) is 52.5 Å². The van der Waals surface area contributed by atoms with Crippen molar-refractivity contribution in [2.24, 2.45) is 5.73 Å². The number of nitrogens with zero attached hydrogens (tertiary/aromatic N) is 1. The summed E-state index contributed by atoms with van der Waals surface area (Å²) in [5.41, 5.74) is 5.72. The number of amides is 2. The molecule has 0 unspecified atom stereocenters. The van der Waals surface area contributed by atoms with Crippen LogP contribution in [0.2, 0.25) is 5.02 Å². The molecule has 0 aliphatic carbocycles. The molecule has 0 radical (unpaired) electrons. The predicted molar refractivity (Wildman–Crippen MR) is 112 cm³/mol. The molecule has 0 saturated carbocycles. The largest absolute Gasteiger partial charge is 0.497 e. The van der Waals surface area contributed by atoms with Gasteiger partial charge in [0.25, 0.3) is 11.8 Å². The van der Waals surface area contributed by atoms with Crippen molar-refractivity contribution in [2.75, 3.05) is 46.6 Å². The molecule has 166 valence electrons. The molecule has 1 saturated heterocycles. The highest BCUT2D eigenvalue weighted by atomic mass is 35.5. The molecule has 1 aliphatic heterocycles. The topological polar surface area (TPSA) is 121 Å². The molecule has 3 N–H and O–H groups in total. The number of methoxy groups -OCH3 is 1. The quantitative estimate of drug-likeness (QED) is 0.631. The number of hydrogen-bond acceptors (Lipinski definition) is 7. The number of hydrogen-bond donors (Lipinski definition) is 2. The van der Waals surface area contributed by atoms with Gasteiger partial charge >= 0.3 is 0 Å². The van der Waals surface area contributed by atoms with Crippen LogP contribution in [0.3, 0.4) is 0 Å². The molecular formula is C21H23ClN2O7. The molecule has 2 aromatic rings. The molecule has 2 amide bonds. The highest BCUT2D eigenvalue weighted by Gasteiger charge is 2.25. The molecule has 3 rings (SSSR count). The Morgan fingerprint density at radius 2 is 1.94 bits per heavy atom. The average Bonchev–Trinajstić information content (AvgIpc) is 2.79. The average molecular weight is 451 g/mol. The van der Waals surface area contributed by atoms with Crippen LogP contribution < -0.4 is 19.9 Å². The van der Waals surface area contributed by atoms with Gasteiger partial charge in [0.15, 0.2) is 11.5 Å². The second kappa shape index (κ2) is 10.3. The highest BCUT2D eigenvalue weighted by Crippen LogP contribution is 2.40. The molecule has 2 aromatic carbocycles. The Balaban J connectivity index is 2.06. The van der Waals surface area contributed by atoms with Gasteiger partial charge in [0.1, 0.15) is 18.1 Å². The molecule has 0 atom stereocenters. The summed E-state index contributed by atoms with van der Waals surface area (Å²) < 4.78 is 21.9. The van der Waals surface area contributed by atoms with E-state index in [1.54, 1.807) is 17.0 Å². The van der Waals surface area contributed by atoms with E-state index >= 15 is 0 Å². The zero-order valence-corrected chi connectivity index (χ0v) is 17.7. The number of primary amides is 1. The zero-order chi connectivity index (χ0) is 22.4. The third-order valence-electron chi connectivity index (χ3n) is 4.56. The normalized spacial score (nSPS) is 13.6. The number of carbonyl (C=O) groups excluding carboxylic acids is 2. The van der Waals surface area contributed by atoms with Crippen LogP contribution in [0.25, 0.3) is 0 Å². The van der Waals surface area contributed by atoms with Crippen molar-refractivity contribution in [1.29, 1.82) is 0 Å². The third kappa shape index (κ3) is 5.38. The number of rotatable bonds is 8. The monoisotopic (exact) mass is 450 g/mol. The number of halogens is 1. The van der Waals surface area contributed by atoms with Crippen molar-refractivity contribution in [3.8, 4) is 23.0 Å². The van der Waals surface area contributed by atoms with Gasteiger partial charge in [0.2, 0.25) is 0 Å². The predicted octanol–water partition coefficient (Wildman–Crippen LogP) is 2.08. The van der Waals surface area contributed by atoms with Crippen molar-refractivity contribution in [3.63, 3.8) is 0 Å². The van der Waals surface area contributed by atoms with Gasteiger partial charge in [-0.2, -0.15) is 0 Å². The Bertz CT molecular complexity index is 961. The van der Waals surface area contributed by atoms with Crippen LogP contribution in [0.5, 0.6) is 23.0 Å². The van der Waals surface area contributed by atoms with Crippen molar-refractivity contribution >= 4 is 23.4 Å². The number of aliphatic hydroxyl groups excluding tert-OH is 1. The first-order valence-electron chi connectivity index (χ1n) is 9.54. The van der Waals surface area contributed by atoms with Crippen molar-refractivity contribution < 1.29 is 33.6 Å². The lowest BCUT2D eigenvalue weighted by molar-refractivity contribution is 0.0302. The molecule has 1 aliphatic rings. The summed E-state index contributed by atoms with van der Waals surface area (Å²) >= 11 is 6.22. The van der Waals surface area contributed by atoms with Gasteiger partial charge in [0.05, 0.1) is 37.5 Å². The number of morpholine rings is 1. The summed E-state index contributed by atoms with van der Waals surface area (Å²) in [6.45, 7) is 1.34. The van der Waals surface area contributed by atoms with Crippen LogP contribution in [0, 0.1) is 0 Å². The minimum atomic E-state index is -0.820. The van der Waals surface area contributed by atoms with Gasteiger partial charge in [-0.15, -0.1) is 0 Å². The molecule has 9 nitrogen and oxygen atoms in total. The first kappa shape index (κ1) is 22.7. The number of benzene rings is 2. The van der Waals surface area contributed by atoms with Gasteiger partial charge in [-0.05, 0) is 24.3 Å². The van der Waals surface area contributed by atoms with Gasteiger partial charge in [-0.1, -0.05) is 11.6 Å². The van der Waals surface area contributed by atoms with Crippen molar-refractivity contribution in [2.45, 2.75) is 0 Å². The van der Waals surface area contributed by atoms with Crippen LogP contribution in [-0.2, 0) is 4.74 Å². The second-order valence-electron chi connectivity index (χ2n) is 6.59. The third-order valence-corrected chi connectivity index (χ3v) is 4.88. The fraction of sp³-hybridized carbons (Fsp3) is 0.333. The number of ether oxygens (including phenoxy) is 4. The highest BCUT2D eigenvalue weighted by molar-refractivity contribution is 6.32. The maximum absolute atomic E-state index is 12.9. The van der Waals surface area contributed by atoms with E-state index in [1.165, 1.54) is 25.3 Å². The standard InChI is InChI=1S/C21H23ClN2O7/c1-28-14-2-3-16(22)17(12-14)31-19-15(20(23)26)10-13(11-18(19)30-9-6-25)21(27)24-4-7-29-8-5-24/h2-3,10-12,25H,4-9H2,1H3,(H2,23,26). The molecule has 31 heavy (non-hydrogen) atoms. The van der Waals surface area contributed by atoms with Crippen molar-refractivity contribution in [3.05, 3.63) is 46.5 Å². The van der Waals surface area contributed by atoms with Crippen LogP contribution >= 0.6 is 11.6 Å². The van der Waals surface area contributed by atoms with E-state index in [9.17, 15) is 14.7 Å². The molecule has 10 heteroatoms. The fourth-order valence-electron chi connectivity index (χ4n) is 3.02. The lowest BCUT2D eigenvalue weighted by Gasteiger charge is -2.27. The van der Waals surface area contributed by atoms with Crippen LogP contribution in [0.15, 0.2) is 30.3 Å². The van der Waals surface area contributed by atoms with E-state index in [1.807, 2.05) is 0 Å². The second-order valence-corrected chi connectivity index (χ2v) is 7.00. The lowest BCUT2D eigenvalue weighted by Crippen LogP contribution is -2.40. The molecule has 1 fully saturated rings. The summed E-state index contributed by atoms with van der Waals surface area (Å²) in [4.78, 5) is 26.8. The molecule has 1 heterocycles. The van der Waals surface area contributed by atoms with Crippen LogP contribution in [0.1, 0.15) is 20.7 Å². The van der Waals surface area contributed by atoms with Gasteiger partial charge < -0.3 is 34.7 Å². The Kier molecular flexibility index (Phi) is 7.56. The Hall–Kier alpha value is -3.01. The summed E-state index contributed by atoms with van der Waals surface area (Å²) in [7, 11) is 1.49. The molecule has 0 spiro atoms. The lowest BCUT2D eigenvalue weighted by atomic mass is 10.1. The summed E-state index contributed by atoms with van der Waals surface area (Å²) in [5.74, 6) is -0.387. The Morgan fingerprint density at radius 1 is 1.19 bits per heavy atom. The maximum atomic E-state index is 12.9. The first-order valence-corrected chi connectivity index (χ1v) is 9.92.